The number of benzene rings is 1. The Bertz CT molecular complexity index is 836. The molecular weight excluding hydrogens is 324 g/mol. The Hall–Kier alpha value is -2.68. The molecule has 0 radical (unpaired) electrons. The number of rotatable bonds is 6. The molecule has 0 fully saturated rings. The van der Waals surface area contributed by atoms with Crippen LogP contribution in [0.5, 0.6) is 0 Å². The van der Waals surface area contributed by atoms with Crippen LogP contribution in [0.25, 0.3) is 0 Å². The van der Waals surface area contributed by atoms with Crippen LogP contribution in [0.3, 0.4) is 0 Å². The van der Waals surface area contributed by atoms with Crippen LogP contribution in [0.4, 0.5) is 11.6 Å². The van der Waals surface area contributed by atoms with Gasteiger partial charge in [0, 0.05) is 19.8 Å². The van der Waals surface area contributed by atoms with Crippen LogP contribution >= 0.6 is 0 Å². The molecule has 0 aliphatic carbocycles. The zero-order valence-corrected chi connectivity index (χ0v) is 13.2. The maximum atomic E-state index is 12.2. The summed E-state index contributed by atoms with van der Waals surface area (Å²) in [5.74, 6) is -2.63. The van der Waals surface area contributed by atoms with E-state index in [0.29, 0.717) is 0 Å². The van der Waals surface area contributed by atoms with E-state index in [1.165, 1.54) is 12.1 Å². The molecule has 8 nitrogen and oxygen atoms in total. The number of carbonyl (C=O) groups is 1. The van der Waals surface area contributed by atoms with Gasteiger partial charge in [-0.2, -0.15) is 0 Å². The summed E-state index contributed by atoms with van der Waals surface area (Å²) in [7, 11) is -0.226. The number of nitrogens with zero attached hydrogens (tertiary/aromatic N) is 2. The van der Waals surface area contributed by atoms with Crippen LogP contribution in [0.1, 0.15) is 10.6 Å². The van der Waals surface area contributed by atoms with E-state index >= 15 is 0 Å². The van der Waals surface area contributed by atoms with Gasteiger partial charge in [0.1, 0.15) is 10.7 Å². The minimum atomic E-state index is -3.86. The number of anilines is 1. The lowest BCUT2D eigenvalue weighted by molar-refractivity contribution is -0.402. The zero-order chi connectivity index (χ0) is 17.2. The molecule has 1 aromatic heterocycles. The molecule has 0 amide bonds. The van der Waals surface area contributed by atoms with E-state index < -0.39 is 32.2 Å². The highest BCUT2D eigenvalue weighted by molar-refractivity contribution is 7.92. The average Bonchev–Trinajstić information content (AvgIpc) is 2.97. The van der Waals surface area contributed by atoms with Crippen molar-refractivity contribution in [1.82, 2.24) is 0 Å². The summed E-state index contributed by atoms with van der Waals surface area (Å²) < 4.78 is 29.2. The average molecular weight is 338 g/mol. The molecule has 2 rings (SSSR count). The summed E-state index contributed by atoms with van der Waals surface area (Å²) in [6, 6.07) is 8.14. The Labute approximate surface area is 132 Å². The number of Topliss-reactive ketones (excluding diaryl/α,β-unsaturated/α-hetero) is 1. The molecule has 122 valence electrons. The van der Waals surface area contributed by atoms with Crippen LogP contribution in [0.2, 0.25) is 0 Å². The molecule has 0 unspecified atom stereocenters. The molecule has 2 aromatic rings. The summed E-state index contributed by atoms with van der Waals surface area (Å²) >= 11 is 0. The monoisotopic (exact) mass is 338 g/mol. The first-order chi connectivity index (χ1) is 10.7. The summed E-state index contributed by atoms with van der Waals surface area (Å²) in [4.78, 5) is 23.5. The van der Waals surface area contributed by atoms with Gasteiger partial charge in [-0.15, -0.1) is 0 Å². The molecule has 1 heterocycles. The number of furan rings is 1. The minimum Gasteiger partial charge on any atom is -0.397 e. The third-order valence-corrected chi connectivity index (χ3v) is 4.71. The molecule has 0 spiro atoms. The molecule has 0 bridgehead atoms. The van der Waals surface area contributed by atoms with E-state index in [0.717, 1.165) is 17.8 Å². The first-order valence-corrected chi connectivity index (χ1v) is 8.13. The standard InChI is InChI=1S/C14H14N2O6S/c1-15(2)10-3-5-11(6-4-10)23(20,21)9-12(17)13-7-8-14(22-13)16(18)19/h3-8H,9H2,1-2H3. The lowest BCUT2D eigenvalue weighted by Crippen LogP contribution is -2.16. The van der Waals surface area contributed by atoms with Gasteiger partial charge in [-0.25, -0.2) is 8.42 Å². The molecule has 0 atom stereocenters. The van der Waals surface area contributed by atoms with Crippen LogP contribution in [-0.2, 0) is 9.84 Å². The minimum absolute atomic E-state index is 0.00231. The zero-order valence-electron chi connectivity index (χ0n) is 12.4. The maximum Gasteiger partial charge on any atom is 0.433 e. The number of nitro groups is 1. The van der Waals surface area contributed by atoms with E-state index in [1.807, 2.05) is 19.0 Å². The van der Waals surface area contributed by atoms with Crippen molar-refractivity contribution >= 4 is 27.2 Å². The molecule has 0 aliphatic heterocycles. The van der Waals surface area contributed by atoms with Gasteiger partial charge >= 0.3 is 5.88 Å². The predicted molar refractivity (Wildman–Crippen MR) is 82.5 cm³/mol. The summed E-state index contributed by atoms with van der Waals surface area (Å²) in [5.41, 5.74) is 0.817. The molecular formula is C14H14N2O6S. The Morgan fingerprint density at radius 3 is 2.26 bits per heavy atom. The van der Waals surface area contributed by atoms with E-state index in [2.05, 4.69) is 0 Å². The fourth-order valence-corrected chi connectivity index (χ4v) is 3.06. The highest BCUT2D eigenvalue weighted by atomic mass is 32.2. The maximum absolute atomic E-state index is 12.2. The lowest BCUT2D eigenvalue weighted by Gasteiger charge is -2.12. The van der Waals surface area contributed by atoms with E-state index in [4.69, 9.17) is 4.42 Å². The second-order valence-corrected chi connectivity index (χ2v) is 6.96. The number of carbonyl (C=O) groups excluding carboxylic acids is 1. The van der Waals surface area contributed by atoms with Crippen molar-refractivity contribution < 1.29 is 22.6 Å². The Morgan fingerprint density at radius 2 is 1.78 bits per heavy atom. The van der Waals surface area contributed by atoms with Crippen LogP contribution < -0.4 is 4.90 Å². The van der Waals surface area contributed by atoms with Gasteiger partial charge in [0.25, 0.3) is 0 Å². The first-order valence-electron chi connectivity index (χ1n) is 6.48. The Morgan fingerprint density at radius 1 is 1.17 bits per heavy atom. The first kappa shape index (κ1) is 16.7. The van der Waals surface area contributed by atoms with E-state index in [9.17, 15) is 23.3 Å². The molecule has 0 saturated carbocycles. The predicted octanol–water partition coefficient (Wildman–Crippen LogP) is 1.91. The SMILES string of the molecule is CN(C)c1ccc(S(=O)(=O)CC(=O)c2ccc([N+](=O)[O-])o2)cc1. The largest absolute Gasteiger partial charge is 0.433 e. The smallest absolute Gasteiger partial charge is 0.397 e. The Balaban J connectivity index is 2.19. The van der Waals surface area contributed by atoms with Crippen molar-refractivity contribution in [3.05, 3.63) is 52.3 Å². The fraction of sp³-hybridized carbons (Fsp3) is 0.214. The molecule has 23 heavy (non-hydrogen) atoms. The van der Waals surface area contributed by atoms with Crippen molar-refractivity contribution in [1.29, 1.82) is 0 Å². The summed E-state index contributed by atoms with van der Waals surface area (Å²) in [6.07, 6.45) is 0. The van der Waals surface area contributed by atoms with Crippen LogP contribution in [0.15, 0.2) is 45.7 Å². The summed E-state index contributed by atoms with van der Waals surface area (Å²) in [5, 5.41) is 10.5. The molecule has 9 heteroatoms. The van der Waals surface area contributed by atoms with Crippen LogP contribution in [0, 0.1) is 10.1 Å². The van der Waals surface area contributed by atoms with Crippen LogP contribution in [-0.4, -0.2) is 39.0 Å². The number of hydrogen-bond acceptors (Lipinski definition) is 7. The Kier molecular flexibility index (Phi) is 4.50. The molecule has 0 aliphatic rings. The molecule has 1 aromatic carbocycles. The normalized spacial score (nSPS) is 11.2. The molecule has 0 N–H and O–H groups in total. The van der Waals surface area contributed by atoms with Gasteiger partial charge in [0.15, 0.2) is 15.6 Å². The van der Waals surface area contributed by atoms with Gasteiger partial charge in [-0.3, -0.25) is 14.9 Å². The van der Waals surface area contributed by atoms with Crippen molar-refractivity contribution in [2.24, 2.45) is 0 Å². The number of sulfone groups is 1. The highest BCUT2D eigenvalue weighted by Gasteiger charge is 2.24. The van der Waals surface area contributed by atoms with Gasteiger partial charge in [-0.1, -0.05) is 0 Å². The molecule has 0 saturated heterocycles. The fourth-order valence-electron chi connectivity index (χ4n) is 1.85. The third-order valence-electron chi connectivity index (χ3n) is 3.08. The quantitative estimate of drug-likeness (QED) is 0.449. The van der Waals surface area contributed by atoms with Gasteiger partial charge < -0.3 is 9.32 Å². The highest BCUT2D eigenvalue weighted by Crippen LogP contribution is 2.20. The van der Waals surface area contributed by atoms with Gasteiger partial charge in [0.2, 0.25) is 5.78 Å². The number of ketones is 1. The van der Waals surface area contributed by atoms with Crippen molar-refractivity contribution in [2.45, 2.75) is 4.90 Å². The third kappa shape index (κ3) is 3.75. The van der Waals surface area contributed by atoms with Crippen molar-refractivity contribution in [3.63, 3.8) is 0 Å². The van der Waals surface area contributed by atoms with E-state index in [1.54, 1.807) is 12.1 Å². The summed E-state index contributed by atoms with van der Waals surface area (Å²) in [6.45, 7) is 0. The van der Waals surface area contributed by atoms with Gasteiger partial charge in [0.05, 0.1) is 11.0 Å². The van der Waals surface area contributed by atoms with Crippen molar-refractivity contribution in [3.8, 4) is 0 Å². The second kappa shape index (κ2) is 6.21. The number of hydrogen-bond donors (Lipinski definition) is 0. The topological polar surface area (TPSA) is 111 Å². The lowest BCUT2D eigenvalue weighted by atomic mass is 10.3. The second-order valence-electron chi connectivity index (χ2n) is 4.97. The van der Waals surface area contributed by atoms with E-state index in [-0.39, 0.29) is 10.7 Å². The van der Waals surface area contributed by atoms with Crippen molar-refractivity contribution in [2.75, 3.05) is 24.7 Å². The van der Waals surface area contributed by atoms with Gasteiger partial charge in [-0.05, 0) is 30.3 Å².